The number of hydrogen-bond donors (Lipinski definition) is 2. The minimum Gasteiger partial charge on any atom is -0.462 e. The molecular formula is C14H18N4O5. The van der Waals surface area contributed by atoms with Crippen LogP contribution < -0.4 is 17.1 Å². The molecule has 9 heteroatoms. The number of esters is 2. The molecule has 0 amide bonds. The van der Waals surface area contributed by atoms with E-state index in [0.29, 0.717) is 17.5 Å². The summed E-state index contributed by atoms with van der Waals surface area (Å²) in [6, 6.07) is 1.56. The Balaban J connectivity index is 3.61. The summed E-state index contributed by atoms with van der Waals surface area (Å²) in [4.78, 5) is 36.3. The summed E-state index contributed by atoms with van der Waals surface area (Å²) in [6.07, 6.45) is 1.06. The van der Waals surface area contributed by atoms with Gasteiger partial charge in [0.1, 0.15) is 28.6 Å². The second kappa shape index (κ2) is 7.84. The number of ether oxygens (including phenoxy) is 2. The van der Waals surface area contributed by atoms with E-state index in [-0.39, 0.29) is 13.2 Å². The first-order valence-corrected chi connectivity index (χ1v) is 6.98. The summed E-state index contributed by atoms with van der Waals surface area (Å²) in [6.45, 7) is 3.67. The van der Waals surface area contributed by atoms with Crippen molar-refractivity contribution in [2.75, 3.05) is 24.8 Å². The highest BCUT2D eigenvalue weighted by atomic mass is 16.5. The number of rotatable bonds is 6. The lowest BCUT2D eigenvalue weighted by atomic mass is 10.0. The molecule has 0 radical (unpaired) electrons. The maximum Gasteiger partial charge on any atom is 0.342 e. The van der Waals surface area contributed by atoms with Crippen molar-refractivity contribution in [1.82, 2.24) is 4.68 Å². The Bertz CT molecular complexity index is 717. The molecule has 23 heavy (non-hydrogen) atoms. The number of aromatic nitrogens is 1. The largest absolute Gasteiger partial charge is 0.462 e. The fourth-order valence-corrected chi connectivity index (χ4v) is 1.76. The van der Waals surface area contributed by atoms with Gasteiger partial charge in [0.15, 0.2) is 0 Å². The lowest BCUT2D eigenvalue weighted by Crippen LogP contribution is -2.36. The molecule has 4 N–H and O–H groups in total. The highest BCUT2D eigenvalue weighted by Gasteiger charge is 2.30. The minimum absolute atomic E-state index is 0.0543. The molecule has 0 atom stereocenters. The highest BCUT2D eigenvalue weighted by molar-refractivity contribution is 6.07. The SMILES string of the molecule is CCCOC(=O)c1c(C(=O)OCCC)c(N)n(N)c(=O)c1C#N. The molecule has 1 aromatic heterocycles. The van der Waals surface area contributed by atoms with Crippen molar-refractivity contribution in [3.63, 3.8) is 0 Å². The summed E-state index contributed by atoms with van der Waals surface area (Å²) in [5, 5.41) is 9.15. The summed E-state index contributed by atoms with van der Waals surface area (Å²) >= 11 is 0. The fraction of sp³-hybridized carbons (Fsp3) is 0.429. The van der Waals surface area contributed by atoms with Crippen molar-refractivity contribution in [1.29, 1.82) is 5.26 Å². The number of carbonyl (C=O) groups excluding carboxylic acids is 2. The third-order valence-corrected chi connectivity index (χ3v) is 2.84. The molecule has 0 aliphatic rings. The van der Waals surface area contributed by atoms with Crippen LogP contribution in [0.1, 0.15) is 53.0 Å². The number of nitrogens with two attached hydrogens (primary N) is 2. The van der Waals surface area contributed by atoms with Gasteiger partial charge >= 0.3 is 11.9 Å². The molecule has 9 nitrogen and oxygen atoms in total. The first-order valence-electron chi connectivity index (χ1n) is 6.98. The molecule has 0 spiro atoms. The normalized spacial score (nSPS) is 9.96. The van der Waals surface area contributed by atoms with Crippen LogP contribution in [0.2, 0.25) is 0 Å². The highest BCUT2D eigenvalue weighted by Crippen LogP contribution is 2.20. The van der Waals surface area contributed by atoms with Gasteiger partial charge in [-0.1, -0.05) is 13.8 Å². The Kier molecular flexibility index (Phi) is 6.14. The molecular weight excluding hydrogens is 304 g/mol. The first-order chi connectivity index (χ1) is 10.9. The van der Waals surface area contributed by atoms with Crippen LogP contribution in [0, 0.1) is 11.3 Å². The number of nitrogen functional groups attached to an aromatic ring is 2. The maximum absolute atomic E-state index is 12.2. The van der Waals surface area contributed by atoms with Gasteiger partial charge in [0, 0.05) is 0 Å². The van der Waals surface area contributed by atoms with Crippen molar-refractivity contribution in [3.05, 3.63) is 27.0 Å². The second-order valence-electron chi connectivity index (χ2n) is 4.57. The van der Waals surface area contributed by atoms with E-state index in [2.05, 4.69) is 0 Å². The van der Waals surface area contributed by atoms with E-state index in [1.807, 2.05) is 0 Å². The molecule has 0 saturated carbocycles. The Hall–Kier alpha value is -3.02. The first kappa shape index (κ1) is 18.0. The molecule has 0 unspecified atom stereocenters. The smallest absolute Gasteiger partial charge is 0.342 e. The van der Waals surface area contributed by atoms with Crippen molar-refractivity contribution >= 4 is 17.8 Å². The molecule has 124 valence electrons. The zero-order valence-electron chi connectivity index (χ0n) is 12.9. The molecule has 0 saturated heterocycles. The molecule has 0 fully saturated rings. The van der Waals surface area contributed by atoms with Gasteiger partial charge in [-0.3, -0.25) is 4.79 Å². The van der Waals surface area contributed by atoms with E-state index in [9.17, 15) is 14.4 Å². The molecule has 1 rings (SSSR count). The quantitative estimate of drug-likeness (QED) is 0.555. The van der Waals surface area contributed by atoms with Crippen LogP contribution in [0.3, 0.4) is 0 Å². The lowest BCUT2D eigenvalue weighted by Gasteiger charge is -2.14. The average Bonchev–Trinajstić information content (AvgIpc) is 2.54. The third-order valence-electron chi connectivity index (χ3n) is 2.84. The van der Waals surface area contributed by atoms with E-state index < -0.39 is 40.0 Å². The van der Waals surface area contributed by atoms with Gasteiger partial charge in [0.25, 0.3) is 5.56 Å². The summed E-state index contributed by atoms with van der Waals surface area (Å²) in [5.74, 6) is 3.03. The average molecular weight is 322 g/mol. The van der Waals surface area contributed by atoms with Crippen LogP contribution in [-0.4, -0.2) is 29.8 Å². The van der Waals surface area contributed by atoms with Crippen LogP contribution in [0.25, 0.3) is 0 Å². The van der Waals surface area contributed by atoms with Crippen LogP contribution in [0.4, 0.5) is 5.82 Å². The van der Waals surface area contributed by atoms with E-state index >= 15 is 0 Å². The van der Waals surface area contributed by atoms with Crippen LogP contribution >= 0.6 is 0 Å². The van der Waals surface area contributed by atoms with Crippen molar-refractivity contribution < 1.29 is 19.1 Å². The summed E-state index contributed by atoms with van der Waals surface area (Å²) in [7, 11) is 0. The lowest BCUT2D eigenvalue weighted by molar-refractivity contribution is 0.0457. The zero-order valence-corrected chi connectivity index (χ0v) is 12.9. The summed E-state index contributed by atoms with van der Waals surface area (Å²) < 4.78 is 10.3. The van der Waals surface area contributed by atoms with Gasteiger partial charge in [-0.15, -0.1) is 0 Å². The number of pyridine rings is 1. The maximum atomic E-state index is 12.2. The Morgan fingerprint density at radius 3 is 2.04 bits per heavy atom. The van der Waals surface area contributed by atoms with Gasteiger partial charge in [-0.2, -0.15) is 5.26 Å². The molecule has 0 aliphatic carbocycles. The van der Waals surface area contributed by atoms with Gasteiger partial charge in [-0.05, 0) is 12.8 Å². The zero-order chi connectivity index (χ0) is 17.6. The molecule has 1 aromatic rings. The number of anilines is 1. The van der Waals surface area contributed by atoms with Gasteiger partial charge < -0.3 is 21.1 Å². The van der Waals surface area contributed by atoms with Crippen molar-refractivity contribution in [3.8, 4) is 6.07 Å². The van der Waals surface area contributed by atoms with Crippen molar-refractivity contribution in [2.24, 2.45) is 0 Å². The topological polar surface area (TPSA) is 150 Å². The minimum atomic E-state index is -1.00. The molecule has 0 aromatic carbocycles. The van der Waals surface area contributed by atoms with Crippen molar-refractivity contribution in [2.45, 2.75) is 26.7 Å². The van der Waals surface area contributed by atoms with E-state index in [1.54, 1.807) is 19.9 Å². The van der Waals surface area contributed by atoms with Gasteiger partial charge in [0.2, 0.25) is 0 Å². The Labute approximate surface area is 132 Å². The predicted octanol–water partition coefficient (Wildman–Crippen LogP) is 0.150. The number of nitrogens with zero attached hydrogens (tertiary/aromatic N) is 2. The van der Waals surface area contributed by atoms with E-state index in [0.717, 1.165) is 0 Å². The molecule has 0 aliphatic heterocycles. The second-order valence-corrected chi connectivity index (χ2v) is 4.57. The van der Waals surface area contributed by atoms with E-state index in [4.69, 9.17) is 26.3 Å². The standard InChI is InChI=1S/C14H18N4O5/c1-3-5-22-13(20)9-8(7-15)12(19)18(17)11(16)10(9)14(21)23-6-4-2/h3-6,16-17H2,1-2H3. The van der Waals surface area contributed by atoms with Crippen LogP contribution in [0.15, 0.2) is 4.79 Å². The Morgan fingerprint density at radius 2 is 1.61 bits per heavy atom. The van der Waals surface area contributed by atoms with Crippen LogP contribution in [0.5, 0.6) is 0 Å². The number of hydrogen-bond acceptors (Lipinski definition) is 8. The fourth-order valence-electron chi connectivity index (χ4n) is 1.76. The van der Waals surface area contributed by atoms with E-state index in [1.165, 1.54) is 0 Å². The Morgan fingerprint density at radius 1 is 1.13 bits per heavy atom. The van der Waals surface area contributed by atoms with Gasteiger partial charge in [0.05, 0.1) is 13.2 Å². The predicted molar refractivity (Wildman–Crippen MR) is 81.1 cm³/mol. The van der Waals surface area contributed by atoms with Crippen LogP contribution in [-0.2, 0) is 9.47 Å². The molecule has 1 heterocycles. The number of nitriles is 1. The number of carbonyl (C=O) groups is 2. The monoisotopic (exact) mass is 322 g/mol. The molecule has 0 bridgehead atoms. The van der Waals surface area contributed by atoms with Gasteiger partial charge in [-0.25, -0.2) is 14.3 Å². The third kappa shape index (κ3) is 3.60. The summed E-state index contributed by atoms with van der Waals surface area (Å²) in [5.41, 5.74) is 3.08.